The van der Waals surface area contributed by atoms with Crippen molar-refractivity contribution in [2.24, 2.45) is 0 Å². The SMILES string of the molecule is COc1ccc(N2CCN(C(=O)C=Cc3ccc([N+](=O)[O-])cc3)CC2)cc1. The lowest BCUT2D eigenvalue weighted by atomic mass is 10.2. The van der Waals surface area contributed by atoms with Gasteiger partial charge in [0.1, 0.15) is 5.75 Å². The van der Waals surface area contributed by atoms with Gasteiger partial charge in [-0.15, -0.1) is 0 Å². The smallest absolute Gasteiger partial charge is 0.269 e. The summed E-state index contributed by atoms with van der Waals surface area (Å²) in [7, 11) is 1.64. The fourth-order valence-electron chi connectivity index (χ4n) is 2.96. The maximum atomic E-state index is 12.4. The molecule has 1 saturated heterocycles. The number of rotatable bonds is 5. The van der Waals surface area contributed by atoms with Crippen LogP contribution in [0.1, 0.15) is 5.56 Å². The number of piperazine rings is 1. The first-order valence-electron chi connectivity index (χ1n) is 8.67. The van der Waals surface area contributed by atoms with E-state index in [1.54, 1.807) is 25.3 Å². The lowest BCUT2D eigenvalue weighted by Crippen LogP contribution is -2.48. The summed E-state index contributed by atoms with van der Waals surface area (Å²) < 4.78 is 5.17. The van der Waals surface area contributed by atoms with Crippen molar-refractivity contribution in [3.63, 3.8) is 0 Å². The minimum atomic E-state index is -0.444. The van der Waals surface area contributed by atoms with Crippen molar-refractivity contribution >= 4 is 23.4 Å². The van der Waals surface area contributed by atoms with Crippen LogP contribution in [-0.2, 0) is 4.79 Å². The van der Waals surface area contributed by atoms with E-state index >= 15 is 0 Å². The number of carbonyl (C=O) groups excluding carboxylic acids is 1. The second kappa shape index (κ2) is 8.35. The molecule has 0 aliphatic carbocycles. The van der Waals surface area contributed by atoms with Gasteiger partial charge in [-0.1, -0.05) is 0 Å². The van der Waals surface area contributed by atoms with Gasteiger partial charge in [0.2, 0.25) is 5.91 Å². The number of nitro groups is 1. The highest BCUT2D eigenvalue weighted by Crippen LogP contribution is 2.20. The van der Waals surface area contributed by atoms with Crippen molar-refractivity contribution in [3.8, 4) is 5.75 Å². The van der Waals surface area contributed by atoms with Crippen LogP contribution in [0.5, 0.6) is 5.75 Å². The Bertz CT molecular complexity index is 823. The molecule has 1 aliphatic rings. The van der Waals surface area contributed by atoms with Crippen molar-refractivity contribution in [3.05, 3.63) is 70.3 Å². The zero-order valence-corrected chi connectivity index (χ0v) is 15.1. The topological polar surface area (TPSA) is 75.9 Å². The molecule has 0 N–H and O–H groups in total. The Morgan fingerprint density at radius 2 is 1.67 bits per heavy atom. The minimum Gasteiger partial charge on any atom is -0.497 e. The first kappa shape index (κ1) is 18.4. The molecule has 0 unspecified atom stereocenters. The number of nitro benzene ring substituents is 1. The van der Waals surface area contributed by atoms with E-state index in [-0.39, 0.29) is 11.6 Å². The first-order chi connectivity index (χ1) is 13.1. The fourth-order valence-corrected chi connectivity index (χ4v) is 2.96. The fraction of sp³-hybridized carbons (Fsp3) is 0.250. The number of amides is 1. The molecule has 1 aliphatic heterocycles. The van der Waals surface area contributed by atoms with Gasteiger partial charge in [-0.05, 0) is 48.0 Å². The molecule has 27 heavy (non-hydrogen) atoms. The summed E-state index contributed by atoms with van der Waals surface area (Å²) in [6, 6.07) is 14.0. The van der Waals surface area contributed by atoms with E-state index in [1.165, 1.54) is 18.2 Å². The van der Waals surface area contributed by atoms with Crippen LogP contribution in [0.25, 0.3) is 6.08 Å². The summed E-state index contributed by atoms with van der Waals surface area (Å²) in [5.41, 5.74) is 1.91. The van der Waals surface area contributed by atoms with Crippen LogP contribution in [0.4, 0.5) is 11.4 Å². The van der Waals surface area contributed by atoms with E-state index in [4.69, 9.17) is 4.74 Å². The standard InChI is InChI=1S/C20H21N3O4/c1-27-19-9-7-17(8-10-19)21-12-14-22(15-13-21)20(24)11-4-16-2-5-18(6-3-16)23(25)26/h2-11H,12-15H2,1H3. The van der Waals surface area contributed by atoms with Crippen molar-refractivity contribution < 1.29 is 14.5 Å². The predicted molar refractivity (Wildman–Crippen MR) is 104 cm³/mol. The summed E-state index contributed by atoms with van der Waals surface area (Å²) in [6.45, 7) is 2.83. The van der Waals surface area contributed by atoms with E-state index in [0.717, 1.165) is 30.1 Å². The van der Waals surface area contributed by atoms with E-state index in [1.807, 2.05) is 29.2 Å². The lowest BCUT2D eigenvalue weighted by molar-refractivity contribution is -0.384. The molecule has 0 spiro atoms. The number of anilines is 1. The average molecular weight is 367 g/mol. The van der Waals surface area contributed by atoms with E-state index in [2.05, 4.69) is 4.90 Å². The number of ether oxygens (including phenoxy) is 1. The number of hydrogen-bond acceptors (Lipinski definition) is 5. The quantitative estimate of drug-likeness (QED) is 0.461. The summed E-state index contributed by atoms with van der Waals surface area (Å²) in [4.78, 5) is 26.6. The Morgan fingerprint density at radius 1 is 1.04 bits per heavy atom. The third kappa shape index (κ3) is 4.63. The summed E-state index contributed by atoms with van der Waals surface area (Å²) in [6.07, 6.45) is 3.20. The molecule has 1 fully saturated rings. The average Bonchev–Trinajstić information content (AvgIpc) is 2.72. The number of methoxy groups -OCH3 is 1. The van der Waals surface area contributed by atoms with Gasteiger partial charge in [0.05, 0.1) is 12.0 Å². The molecule has 140 valence electrons. The normalized spacial score (nSPS) is 14.4. The van der Waals surface area contributed by atoms with Gasteiger partial charge in [0, 0.05) is 50.1 Å². The van der Waals surface area contributed by atoms with Crippen LogP contribution in [0.2, 0.25) is 0 Å². The third-order valence-corrected chi connectivity index (χ3v) is 4.55. The van der Waals surface area contributed by atoms with Gasteiger partial charge in [0.25, 0.3) is 5.69 Å². The minimum absolute atomic E-state index is 0.0353. The number of nitrogens with zero attached hydrogens (tertiary/aromatic N) is 3. The number of benzene rings is 2. The van der Waals surface area contributed by atoms with Crippen molar-refractivity contribution in [2.75, 3.05) is 38.2 Å². The van der Waals surface area contributed by atoms with E-state index in [9.17, 15) is 14.9 Å². The lowest BCUT2D eigenvalue weighted by Gasteiger charge is -2.35. The Kier molecular flexibility index (Phi) is 5.71. The Morgan fingerprint density at radius 3 is 2.22 bits per heavy atom. The molecule has 1 heterocycles. The highest BCUT2D eigenvalue weighted by molar-refractivity contribution is 5.92. The van der Waals surface area contributed by atoms with Gasteiger partial charge >= 0.3 is 0 Å². The van der Waals surface area contributed by atoms with Gasteiger partial charge in [-0.25, -0.2) is 0 Å². The molecule has 2 aromatic rings. The van der Waals surface area contributed by atoms with Crippen LogP contribution in [-0.4, -0.2) is 49.0 Å². The molecular weight excluding hydrogens is 346 g/mol. The van der Waals surface area contributed by atoms with Gasteiger partial charge in [-0.2, -0.15) is 0 Å². The molecule has 7 heteroatoms. The maximum Gasteiger partial charge on any atom is 0.269 e. The summed E-state index contributed by atoms with van der Waals surface area (Å²) in [5, 5.41) is 10.7. The summed E-state index contributed by atoms with van der Waals surface area (Å²) in [5.74, 6) is 0.770. The maximum absolute atomic E-state index is 12.4. The van der Waals surface area contributed by atoms with Gasteiger partial charge in [0.15, 0.2) is 0 Å². The second-order valence-corrected chi connectivity index (χ2v) is 6.19. The summed E-state index contributed by atoms with van der Waals surface area (Å²) >= 11 is 0. The number of hydrogen-bond donors (Lipinski definition) is 0. The van der Waals surface area contributed by atoms with Crippen LogP contribution >= 0.6 is 0 Å². The van der Waals surface area contributed by atoms with Crippen LogP contribution in [0.3, 0.4) is 0 Å². The highest BCUT2D eigenvalue weighted by atomic mass is 16.6. The molecule has 0 aromatic heterocycles. The number of non-ortho nitro benzene ring substituents is 1. The Hall–Kier alpha value is -3.35. The Labute approximate surface area is 157 Å². The third-order valence-electron chi connectivity index (χ3n) is 4.55. The molecule has 0 saturated carbocycles. The van der Waals surface area contributed by atoms with E-state index < -0.39 is 4.92 Å². The van der Waals surface area contributed by atoms with Crippen molar-refractivity contribution in [1.29, 1.82) is 0 Å². The van der Waals surface area contributed by atoms with Crippen LogP contribution < -0.4 is 9.64 Å². The van der Waals surface area contributed by atoms with Crippen molar-refractivity contribution in [1.82, 2.24) is 4.90 Å². The largest absolute Gasteiger partial charge is 0.497 e. The molecular formula is C20H21N3O4. The first-order valence-corrected chi connectivity index (χ1v) is 8.67. The van der Waals surface area contributed by atoms with Gasteiger partial charge < -0.3 is 14.5 Å². The highest BCUT2D eigenvalue weighted by Gasteiger charge is 2.19. The molecule has 2 aromatic carbocycles. The molecule has 1 amide bonds. The molecule has 3 rings (SSSR count). The van der Waals surface area contributed by atoms with Crippen LogP contribution in [0.15, 0.2) is 54.6 Å². The second-order valence-electron chi connectivity index (χ2n) is 6.19. The number of carbonyl (C=O) groups is 1. The molecule has 0 radical (unpaired) electrons. The molecule has 7 nitrogen and oxygen atoms in total. The Balaban J connectivity index is 1.53. The van der Waals surface area contributed by atoms with Gasteiger partial charge in [-0.3, -0.25) is 14.9 Å². The zero-order valence-electron chi connectivity index (χ0n) is 15.1. The van der Waals surface area contributed by atoms with Crippen LogP contribution in [0, 0.1) is 10.1 Å². The predicted octanol–water partition coefficient (Wildman–Crippen LogP) is 2.97. The zero-order chi connectivity index (χ0) is 19.2. The molecule has 0 bridgehead atoms. The van der Waals surface area contributed by atoms with Crippen molar-refractivity contribution in [2.45, 2.75) is 0 Å². The molecule has 0 atom stereocenters. The van der Waals surface area contributed by atoms with E-state index in [0.29, 0.717) is 13.1 Å². The monoisotopic (exact) mass is 367 g/mol.